The van der Waals surface area contributed by atoms with Gasteiger partial charge in [0.1, 0.15) is 0 Å². The van der Waals surface area contributed by atoms with Gasteiger partial charge in [-0.3, -0.25) is 0 Å². The molecular weight excluding hydrogens is 663 g/mol. The Hall–Kier alpha value is -7.22. The van der Waals surface area contributed by atoms with Crippen molar-refractivity contribution in [1.82, 2.24) is 0 Å². The van der Waals surface area contributed by atoms with Gasteiger partial charge in [-0.1, -0.05) is 182 Å². The topological polar surface area (TPSA) is 3.24 Å². The Bertz CT molecular complexity index is 2960. The van der Waals surface area contributed by atoms with Crippen molar-refractivity contribution in [1.29, 1.82) is 0 Å². The van der Waals surface area contributed by atoms with E-state index in [-0.39, 0.29) is 0 Å². The maximum absolute atomic E-state index is 2.42. The molecule has 10 rings (SSSR count). The minimum absolute atomic E-state index is 1.09. The molecule has 0 radical (unpaired) electrons. The Balaban J connectivity index is 1.17. The lowest BCUT2D eigenvalue weighted by Crippen LogP contribution is -2.11. The van der Waals surface area contributed by atoms with Crippen molar-refractivity contribution in [3.8, 4) is 44.5 Å². The molecular formula is C54H37N. The molecule has 258 valence electrons. The zero-order valence-electron chi connectivity index (χ0n) is 30.3. The molecule has 10 aromatic carbocycles. The third kappa shape index (κ3) is 6.02. The van der Waals surface area contributed by atoms with Crippen molar-refractivity contribution < 1.29 is 0 Å². The molecule has 0 heterocycles. The maximum atomic E-state index is 2.42. The van der Waals surface area contributed by atoms with Crippen molar-refractivity contribution >= 4 is 49.4 Å². The Morgan fingerprint density at radius 3 is 1.49 bits per heavy atom. The van der Waals surface area contributed by atoms with E-state index in [2.05, 4.69) is 229 Å². The first kappa shape index (κ1) is 32.4. The number of hydrogen-bond donors (Lipinski definition) is 0. The second-order valence-corrected chi connectivity index (χ2v) is 14.1. The van der Waals surface area contributed by atoms with Gasteiger partial charge in [0.15, 0.2) is 0 Å². The van der Waals surface area contributed by atoms with Crippen LogP contribution >= 0.6 is 0 Å². The molecule has 0 aromatic heterocycles. The predicted octanol–water partition coefficient (Wildman–Crippen LogP) is 15.3. The largest absolute Gasteiger partial charge is 0.310 e. The van der Waals surface area contributed by atoms with Crippen LogP contribution in [-0.4, -0.2) is 0 Å². The van der Waals surface area contributed by atoms with Gasteiger partial charge < -0.3 is 4.90 Å². The molecule has 0 aliphatic heterocycles. The van der Waals surface area contributed by atoms with E-state index in [1.807, 2.05) is 0 Å². The number of hydrogen-bond acceptors (Lipinski definition) is 1. The summed E-state index contributed by atoms with van der Waals surface area (Å²) in [6, 6.07) is 81.5. The fourth-order valence-corrected chi connectivity index (χ4v) is 8.17. The van der Waals surface area contributed by atoms with Gasteiger partial charge in [0.2, 0.25) is 0 Å². The average Bonchev–Trinajstić information content (AvgIpc) is 3.27. The monoisotopic (exact) mass is 699 g/mol. The molecule has 1 nitrogen and oxygen atoms in total. The molecule has 0 spiro atoms. The lowest BCUT2D eigenvalue weighted by molar-refractivity contribution is 1.28. The van der Waals surface area contributed by atoms with Crippen LogP contribution in [0, 0.1) is 0 Å². The minimum Gasteiger partial charge on any atom is -0.310 e. The SMILES string of the molecule is c1ccc(-c2cccc(-c3ccc(N(c4cccc(-c5ccccc5)c4)c4ccccc4-c4cc5c6ccccc6ccc5c5ccccc45)cc3)c2)cc1. The smallest absolute Gasteiger partial charge is 0.0540 e. The molecule has 0 bridgehead atoms. The van der Waals surface area contributed by atoms with Gasteiger partial charge in [0, 0.05) is 16.9 Å². The summed E-state index contributed by atoms with van der Waals surface area (Å²) in [6.45, 7) is 0. The molecule has 0 atom stereocenters. The third-order valence-electron chi connectivity index (χ3n) is 10.8. The number of nitrogens with zero attached hydrogens (tertiary/aromatic N) is 1. The maximum Gasteiger partial charge on any atom is 0.0540 e. The Kier molecular flexibility index (Phi) is 8.24. The van der Waals surface area contributed by atoms with E-state index in [0.29, 0.717) is 0 Å². The van der Waals surface area contributed by atoms with Crippen molar-refractivity contribution in [3.63, 3.8) is 0 Å². The zero-order chi connectivity index (χ0) is 36.6. The molecule has 0 saturated heterocycles. The highest BCUT2D eigenvalue weighted by Crippen LogP contribution is 2.46. The van der Waals surface area contributed by atoms with E-state index >= 15 is 0 Å². The summed E-state index contributed by atoms with van der Waals surface area (Å²) < 4.78 is 0. The highest BCUT2D eigenvalue weighted by atomic mass is 15.1. The summed E-state index contributed by atoms with van der Waals surface area (Å²) >= 11 is 0. The summed E-state index contributed by atoms with van der Waals surface area (Å²) in [5.41, 5.74) is 12.9. The molecule has 10 aromatic rings. The quantitative estimate of drug-likeness (QED) is 0.150. The van der Waals surface area contributed by atoms with E-state index in [0.717, 1.165) is 17.1 Å². The summed E-state index contributed by atoms with van der Waals surface area (Å²) in [4.78, 5) is 2.42. The van der Waals surface area contributed by atoms with Crippen molar-refractivity contribution in [2.75, 3.05) is 4.90 Å². The van der Waals surface area contributed by atoms with Crippen LogP contribution in [0.25, 0.3) is 76.8 Å². The number of para-hydroxylation sites is 1. The van der Waals surface area contributed by atoms with Crippen molar-refractivity contribution in [3.05, 3.63) is 224 Å². The first-order chi connectivity index (χ1) is 27.3. The van der Waals surface area contributed by atoms with E-state index in [4.69, 9.17) is 0 Å². The lowest BCUT2D eigenvalue weighted by atomic mass is 9.90. The second kappa shape index (κ2) is 14.0. The van der Waals surface area contributed by atoms with Gasteiger partial charge in [-0.25, -0.2) is 0 Å². The van der Waals surface area contributed by atoms with Crippen LogP contribution in [0.1, 0.15) is 0 Å². The molecule has 55 heavy (non-hydrogen) atoms. The Morgan fingerprint density at radius 1 is 0.236 bits per heavy atom. The van der Waals surface area contributed by atoms with Gasteiger partial charge in [-0.2, -0.15) is 0 Å². The molecule has 0 fully saturated rings. The lowest BCUT2D eigenvalue weighted by Gasteiger charge is -2.29. The first-order valence-corrected chi connectivity index (χ1v) is 18.9. The van der Waals surface area contributed by atoms with Crippen LogP contribution in [-0.2, 0) is 0 Å². The summed E-state index contributed by atoms with van der Waals surface area (Å²) in [6.07, 6.45) is 0. The Morgan fingerprint density at radius 2 is 0.764 bits per heavy atom. The molecule has 0 N–H and O–H groups in total. The van der Waals surface area contributed by atoms with Crippen molar-refractivity contribution in [2.24, 2.45) is 0 Å². The molecule has 0 unspecified atom stereocenters. The average molecular weight is 700 g/mol. The van der Waals surface area contributed by atoms with Gasteiger partial charge in [0.05, 0.1) is 5.69 Å². The van der Waals surface area contributed by atoms with Crippen molar-refractivity contribution in [2.45, 2.75) is 0 Å². The van der Waals surface area contributed by atoms with E-state index in [1.54, 1.807) is 0 Å². The third-order valence-corrected chi connectivity index (χ3v) is 10.8. The highest BCUT2D eigenvalue weighted by Gasteiger charge is 2.20. The minimum atomic E-state index is 1.09. The second-order valence-electron chi connectivity index (χ2n) is 14.1. The zero-order valence-corrected chi connectivity index (χ0v) is 30.3. The summed E-state index contributed by atoms with van der Waals surface area (Å²) in [5, 5.41) is 7.55. The van der Waals surface area contributed by atoms with Crippen LogP contribution in [0.3, 0.4) is 0 Å². The van der Waals surface area contributed by atoms with Gasteiger partial charge in [-0.05, 0) is 114 Å². The van der Waals surface area contributed by atoms with E-state index in [1.165, 1.54) is 76.8 Å². The fourth-order valence-electron chi connectivity index (χ4n) is 8.17. The normalized spacial score (nSPS) is 11.3. The van der Waals surface area contributed by atoms with Crippen LogP contribution in [0.5, 0.6) is 0 Å². The standard InChI is InChI=1S/C54H37N/c1-3-15-38(16-4-1)42-20-13-21-43(35-42)40-29-32-45(33-30-40)55(46-23-14-22-44(36-46)39-17-5-2-6-18-39)54-28-12-11-27-51(54)53-37-52-47-24-8-7-19-41(47)31-34-50(52)48-25-9-10-26-49(48)53/h1-37H. The van der Waals surface area contributed by atoms with Crippen LogP contribution < -0.4 is 4.90 Å². The number of rotatable bonds is 7. The van der Waals surface area contributed by atoms with Gasteiger partial charge in [-0.15, -0.1) is 0 Å². The van der Waals surface area contributed by atoms with Gasteiger partial charge >= 0.3 is 0 Å². The fraction of sp³-hybridized carbons (Fsp3) is 0. The molecule has 0 saturated carbocycles. The van der Waals surface area contributed by atoms with Crippen LogP contribution in [0.2, 0.25) is 0 Å². The summed E-state index contributed by atoms with van der Waals surface area (Å²) in [5.74, 6) is 0. The number of fused-ring (bicyclic) bond motifs is 5. The molecule has 0 aliphatic carbocycles. The Labute approximate surface area is 322 Å². The van der Waals surface area contributed by atoms with E-state index < -0.39 is 0 Å². The molecule has 0 aliphatic rings. The molecule has 0 amide bonds. The highest BCUT2D eigenvalue weighted by molar-refractivity contribution is 6.21. The molecule has 1 heteroatoms. The van der Waals surface area contributed by atoms with Crippen LogP contribution in [0.4, 0.5) is 17.1 Å². The van der Waals surface area contributed by atoms with Crippen LogP contribution in [0.15, 0.2) is 224 Å². The van der Waals surface area contributed by atoms with Gasteiger partial charge in [0.25, 0.3) is 0 Å². The first-order valence-electron chi connectivity index (χ1n) is 18.9. The number of anilines is 3. The summed E-state index contributed by atoms with van der Waals surface area (Å²) in [7, 11) is 0. The number of benzene rings is 10. The predicted molar refractivity (Wildman–Crippen MR) is 235 cm³/mol. The van der Waals surface area contributed by atoms with E-state index in [9.17, 15) is 0 Å².